The number of benzene rings is 1. The molecule has 0 aromatic heterocycles. The van der Waals surface area contributed by atoms with Crippen LogP contribution in [0, 0.1) is 17.8 Å². The van der Waals surface area contributed by atoms with Gasteiger partial charge >= 0.3 is 0 Å². The van der Waals surface area contributed by atoms with Gasteiger partial charge in [0.05, 0.1) is 19.8 Å². The first kappa shape index (κ1) is 21.0. The van der Waals surface area contributed by atoms with Gasteiger partial charge in [-0.2, -0.15) is 0 Å². The van der Waals surface area contributed by atoms with Crippen LogP contribution in [0.1, 0.15) is 31.2 Å². The van der Waals surface area contributed by atoms with Crippen LogP contribution < -0.4 is 0 Å². The van der Waals surface area contributed by atoms with E-state index in [-0.39, 0.29) is 31.5 Å². The smallest absolute Gasteiger partial charge is 0.153 e. The maximum atomic E-state index is 11.3. The van der Waals surface area contributed by atoms with Gasteiger partial charge in [0.1, 0.15) is 0 Å². The van der Waals surface area contributed by atoms with E-state index in [4.69, 9.17) is 10.2 Å². The predicted octanol–water partition coefficient (Wildman–Crippen LogP) is 1.78. The summed E-state index contributed by atoms with van der Waals surface area (Å²) in [6, 6.07) is 9.68. The minimum absolute atomic E-state index is 0. The number of rotatable bonds is 7. The van der Waals surface area contributed by atoms with E-state index in [1.54, 1.807) is 0 Å². The molecule has 1 saturated carbocycles. The van der Waals surface area contributed by atoms with Crippen molar-refractivity contribution in [2.24, 2.45) is 5.92 Å². The largest absolute Gasteiger partial charge is 0.395 e. The van der Waals surface area contributed by atoms with Crippen LogP contribution in [0.15, 0.2) is 30.3 Å². The van der Waals surface area contributed by atoms with E-state index >= 15 is 0 Å². The first-order valence-corrected chi connectivity index (χ1v) is 8.42. The molecule has 0 saturated heterocycles. The second kappa shape index (κ2) is 10.7. The van der Waals surface area contributed by atoms with Crippen LogP contribution in [0.5, 0.6) is 0 Å². The summed E-state index contributed by atoms with van der Waals surface area (Å²) in [6.45, 7) is 1.45. The molecule has 1 aliphatic carbocycles. The molecule has 134 valence electrons. The van der Waals surface area contributed by atoms with Gasteiger partial charge in [-0.15, -0.1) is 12.4 Å². The fourth-order valence-corrected chi connectivity index (χ4v) is 3.28. The Morgan fingerprint density at radius 2 is 1.62 bits per heavy atom. The summed E-state index contributed by atoms with van der Waals surface area (Å²) < 4.78 is 0. The average Bonchev–Trinajstić information content (AvgIpc) is 3.11. The summed E-state index contributed by atoms with van der Waals surface area (Å²) in [5.41, 5.74) is -0.253. The van der Waals surface area contributed by atoms with Gasteiger partial charge in [-0.1, -0.05) is 55.0 Å². The molecule has 0 amide bonds. The molecule has 0 aliphatic heterocycles. The van der Waals surface area contributed by atoms with Gasteiger partial charge < -0.3 is 15.3 Å². The van der Waals surface area contributed by atoms with Crippen LogP contribution in [-0.4, -0.2) is 53.1 Å². The second-order valence-electron chi connectivity index (χ2n) is 6.14. The zero-order chi connectivity index (χ0) is 16.5. The standard InChI is InChI=1S/C19H27NO3.ClH/c21-15-13-20(14-16-22)12-6-11-19(23,18-9-4-5-10-18)17-7-2-1-3-8-17;/h1-3,7-8,18,21-23H,4-5,9-10,12-16H2;1H. The van der Waals surface area contributed by atoms with Crippen LogP contribution in [0.25, 0.3) is 0 Å². The molecule has 1 aromatic carbocycles. The van der Waals surface area contributed by atoms with Crippen molar-refractivity contribution in [1.82, 2.24) is 4.90 Å². The van der Waals surface area contributed by atoms with E-state index < -0.39 is 5.60 Å². The molecule has 5 heteroatoms. The highest BCUT2D eigenvalue weighted by atomic mass is 35.5. The highest BCUT2D eigenvalue weighted by Crippen LogP contribution is 2.40. The van der Waals surface area contributed by atoms with Crippen molar-refractivity contribution in [2.45, 2.75) is 31.3 Å². The fourth-order valence-electron chi connectivity index (χ4n) is 3.28. The summed E-state index contributed by atoms with van der Waals surface area (Å²) in [7, 11) is 0. The van der Waals surface area contributed by atoms with Gasteiger partial charge in [0.25, 0.3) is 0 Å². The molecule has 3 N–H and O–H groups in total. The Morgan fingerprint density at radius 3 is 2.17 bits per heavy atom. The minimum atomic E-state index is -1.11. The van der Waals surface area contributed by atoms with Gasteiger partial charge in [-0.05, 0) is 18.4 Å². The zero-order valence-electron chi connectivity index (χ0n) is 14.0. The highest BCUT2D eigenvalue weighted by Gasteiger charge is 2.38. The van der Waals surface area contributed by atoms with Crippen molar-refractivity contribution in [3.8, 4) is 11.8 Å². The third-order valence-corrected chi connectivity index (χ3v) is 4.57. The van der Waals surface area contributed by atoms with Crippen molar-refractivity contribution in [2.75, 3.05) is 32.8 Å². The first-order chi connectivity index (χ1) is 11.2. The second-order valence-corrected chi connectivity index (χ2v) is 6.14. The van der Waals surface area contributed by atoms with Crippen molar-refractivity contribution in [3.05, 3.63) is 35.9 Å². The Kier molecular flexibility index (Phi) is 9.35. The van der Waals surface area contributed by atoms with Crippen LogP contribution in [0.4, 0.5) is 0 Å². The summed E-state index contributed by atoms with van der Waals surface area (Å²) in [6.07, 6.45) is 4.28. The Hall–Kier alpha value is -1.09. The normalized spacial score (nSPS) is 17.0. The van der Waals surface area contributed by atoms with E-state index in [9.17, 15) is 5.11 Å². The van der Waals surface area contributed by atoms with E-state index in [1.807, 2.05) is 35.2 Å². The molecule has 1 aromatic rings. The number of aliphatic hydroxyl groups is 3. The maximum Gasteiger partial charge on any atom is 0.153 e. The summed E-state index contributed by atoms with van der Waals surface area (Å²) >= 11 is 0. The van der Waals surface area contributed by atoms with Crippen molar-refractivity contribution in [1.29, 1.82) is 0 Å². The molecule has 1 atom stereocenters. The highest BCUT2D eigenvalue weighted by molar-refractivity contribution is 5.85. The molecule has 1 unspecified atom stereocenters. The van der Waals surface area contributed by atoms with Crippen molar-refractivity contribution in [3.63, 3.8) is 0 Å². The molecular formula is C19H28ClNO3. The summed E-state index contributed by atoms with van der Waals surface area (Å²) in [5, 5.41) is 29.4. The van der Waals surface area contributed by atoms with Crippen LogP contribution in [-0.2, 0) is 5.60 Å². The zero-order valence-corrected chi connectivity index (χ0v) is 14.8. The average molecular weight is 354 g/mol. The number of aliphatic hydroxyl groups excluding tert-OH is 2. The van der Waals surface area contributed by atoms with Crippen LogP contribution >= 0.6 is 12.4 Å². The van der Waals surface area contributed by atoms with E-state index in [1.165, 1.54) is 0 Å². The maximum absolute atomic E-state index is 11.3. The Morgan fingerprint density at radius 1 is 1.04 bits per heavy atom. The molecular weight excluding hydrogens is 326 g/mol. The van der Waals surface area contributed by atoms with Gasteiger partial charge in [0, 0.05) is 19.0 Å². The van der Waals surface area contributed by atoms with Crippen LogP contribution in [0.2, 0.25) is 0 Å². The summed E-state index contributed by atoms with van der Waals surface area (Å²) in [5.74, 6) is 6.35. The number of halogens is 1. The lowest BCUT2D eigenvalue weighted by Crippen LogP contribution is -2.33. The topological polar surface area (TPSA) is 63.9 Å². The Bertz CT molecular complexity index is 516. The number of nitrogens with zero attached hydrogens (tertiary/aromatic N) is 1. The van der Waals surface area contributed by atoms with E-state index in [2.05, 4.69) is 11.8 Å². The number of hydrogen-bond acceptors (Lipinski definition) is 4. The molecule has 0 bridgehead atoms. The molecule has 0 heterocycles. The molecule has 1 fully saturated rings. The third-order valence-electron chi connectivity index (χ3n) is 4.57. The Labute approximate surface area is 150 Å². The molecule has 1 aliphatic rings. The Balaban J connectivity index is 0.00000288. The van der Waals surface area contributed by atoms with E-state index in [0.717, 1.165) is 31.2 Å². The third kappa shape index (κ3) is 5.47. The molecule has 2 rings (SSSR count). The number of hydrogen-bond donors (Lipinski definition) is 3. The van der Waals surface area contributed by atoms with Crippen LogP contribution in [0.3, 0.4) is 0 Å². The fraction of sp³-hybridized carbons (Fsp3) is 0.579. The lowest BCUT2D eigenvalue weighted by molar-refractivity contribution is 0.0367. The lowest BCUT2D eigenvalue weighted by atomic mass is 9.80. The molecule has 0 spiro atoms. The minimum Gasteiger partial charge on any atom is -0.395 e. The van der Waals surface area contributed by atoms with Crippen molar-refractivity contribution < 1.29 is 15.3 Å². The SMILES string of the molecule is Cl.OCCN(CC#CC(O)(c1ccccc1)C1CCCC1)CCO. The summed E-state index contributed by atoms with van der Waals surface area (Å²) in [4.78, 5) is 1.88. The van der Waals surface area contributed by atoms with E-state index in [0.29, 0.717) is 19.6 Å². The molecule has 24 heavy (non-hydrogen) atoms. The van der Waals surface area contributed by atoms with Gasteiger partial charge in [0.15, 0.2) is 5.60 Å². The monoisotopic (exact) mass is 353 g/mol. The van der Waals surface area contributed by atoms with Gasteiger partial charge in [-0.3, -0.25) is 4.90 Å². The quantitative estimate of drug-likeness (QED) is 0.654. The molecule has 4 nitrogen and oxygen atoms in total. The molecule has 0 radical (unpaired) electrons. The van der Waals surface area contributed by atoms with Gasteiger partial charge in [0.2, 0.25) is 0 Å². The lowest BCUT2D eigenvalue weighted by Gasteiger charge is -2.29. The van der Waals surface area contributed by atoms with Crippen molar-refractivity contribution >= 4 is 12.4 Å². The predicted molar refractivity (Wildman–Crippen MR) is 97.9 cm³/mol. The van der Waals surface area contributed by atoms with Gasteiger partial charge in [-0.25, -0.2) is 0 Å². The first-order valence-electron chi connectivity index (χ1n) is 8.42.